The molecule has 0 spiro atoms. The lowest BCUT2D eigenvalue weighted by molar-refractivity contribution is 0.466. The summed E-state index contributed by atoms with van der Waals surface area (Å²) in [5.74, 6) is 0.375. The van der Waals surface area contributed by atoms with Gasteiger partial charge < -0.3 is 0 Å². The van der Waals surface area contributed by atoms with Gasteiger partial charge in [0.2, 0.25) is 10.0 Å². The van der Waals surface area contributed by atoms with Crippen LogP contribution < -0.4 is 0 Å². The fourth-order valence-electron chi connectivity index (χ4n) is 1.84. The molecule has 0 aliphatic rings. The monoisotopic (exact) mass is 347 g/mol. The van der Waals surface area contributed by atoms with Crippen LogP contribution in [0.1, 0.15) is 5.56 Å². The van der Waals surface area contributed by atoms with Crippen LogP contribution in [-0.4, -0.2) is 35.4 Å². The van der Waals surface area contributed by atoms with Crippen molar-refractivity contribution >= 4 is 33.2 Å². The molecule has 0 saturated carbocycles. The Hall–Kier alpha value is -1.08. The SMILES string of the molecule is CN(Cc1cccc(Cl)c1)S(=O)(=O)c1cnn(CCCl)c1. The second-order valence-electron chi connectivity index (χ2n) is 4.52. The van der Waals surface area contributed by atoms with Crippen molar-refractivity contribution in [2.75, 3.05) is 12.9 Å². The first-order chi connectivity index (χ1) is 9.93. The average molecular weight is 348 g/mol. The molecule has 1 aromatic carbocycles. The van der Waals surface area contributed by atoms with Crippen LogP contribution in [0.2, 0.25) is 5.02 Å². The van der Waals surface area contributed by atoms with Crippen LogP contribution in [0, 0.1) is 0 Å². The molecule has 0 N–H and O–H groups in total. The molecule has 114 valence electrons. The maximum Gasteiger partial charge on any atom is 0.246 e. The summed E-state index contributed by atoms with van der Waals surface area (Å²) in [6, 6.07) is 7.10. The number of alkyl halides is 1. The average Bonchev–Trinajstić information content (AvgIpc) is 2.88. The van der Waals surface area contributed by atoms with Gasteiger partial charge in [0, 0.05) is 30.7 Å². The molecule has 0 atom stereocenters. The molecule has 21 heavy (non-hydrogen) atoms. The number of rotatable bonds is 6. The van der Waals surface area contributed by atoms with Crippen molar-refractivity contribution in [1.82, 2.24) is 14.1 Å². The van der Waals surface area contributed by atoms with Gasteiger partial charge in [-0.1, -0.05) is 23.7 Å². The molecule has 2 aromatic rings. The van der Waals surface area contributed by atoms with Crippen molar-refractivity contribution in [2.45, 2.75) is 18.0 Å². The zero-order valence-electron chi connectivity index (χ0n) is 11.4. The van der Waals surface area contributed by atoms with E-state index in [1.165, 1.54) is 28.4 Å². The molecule has 5 nitrogen and oxygen atoms in total. The van der Waals surface area contributed by atoms with Crippen molar-refractivity contribution in [3.8, 4) is 0 Å². The van der Waals surface area contributed by atoms with Gasteiger partial charge in [0.1, 0.15) is 4.90 Å². The molecule has 0 radical (unpaired) electrons. The van der Waals surface area contributed by atoms with Gasteiger partial charge in [-0.05, 0) is 17.7 Å². The zero-order valence-corrected chi connectivity index (χ0v) is 13.7. The van der Waals surface area contributed by atoms with Crippen molar-refractivity contribution in [3.63, 3.8) is 0 Å². The van der Waals surface area contributed by atoms with Crippen LogP contribution in [0.5, 0.6) is 0 Å². The third-order valence-electron chi connectivity index (χ3n) is 2.93. The molecule has 0 amide bonds. The molecule has 1 aromatic heterocycles. The molecular weight excluding hydrogens is 333 g/mol. The van der Waals surface area contributed by atoms with E-state index in [1.54, 1.807) is 18.2 Å². The van der Waals surface area contributed by atoms with Crippen LogP contribution >= 0.6 is 23.2 Å². The van der Waals surface area contributed by atoms with Crippen LogP contribution in [0.4, 0.5) is 0 Å². The zero-order chi connectivity index (χ0) is 15.5. The number of aryl methyl sites for hydroxylation is 1. The van der Waals surface area contributed by atoms with Gasteiger partial charge in [-0.15, -0.1) is 11.6 Å². The molecule has 0 unspecified atom stereocenters. The Kier molecular flexibility index (Phi) is 5.27. The molecule has 0 aliphatic carbocycles. The highest BCUT2D eigenvalue weighted by Crippen LogP contribution is 2.18. The second-order valence-corrected chi connectivity index (χ2v) is 7.38. The molecule has 0 saturated heterocycles. The number of halogens is 2. The Labute approximate surface area is 134 Å². The van der Waals surface area contributed by atoms with Crippen LogP contribution in [0.25, 0.3) is 0 Å². The molecule has 1 heterocycles. The van der Waals surface area contributed by atoms with Crippen LogP contribution in [0.3, 0.4) is 0 Å². The molecule has 8 heteroatoms. The van der Waals surface area contributed by atoms with E-state index in [2.05, 4.69) is 5.10 Å². The number of nitrogens with zero attached hydrogens (tertiary/aromatic N) is 3. The first-order valence-electron chi connectivity index (χ1n) is 6.22. The summed E-state index contributed by atoms with van der Waals surface area (Å²) in [4.78, 5) is 0.150. The van der Waals surface area contributed by atoms with Gasteiger partial charge in [0.05, 0.1) is 12.7 Å². The van der Waals surface area contributed by atoms with E-state index in [0.29, 0.717) is 17.4 Å². The maximum absolute atomic E-state index is 12.4. The van der Waals surface area contributed by atoms with E-state index in [-0.39, 0.29) is 11.4 Å². The topological polar surface area (TPSA) is 55.2 Å². The quantitative estimate of drug-likeness (QED) is 0.754. The number of aromatic nitrogens is 2. The highest BCUT2D eigenvalue weighted by Gasteiger charge is 2.22. The highest BCUT2D eigenvalue weighted by atomic mass is 35.5. The summed E-state index contributed by atoms with van der Waals surface area (Å²) in [6.07, 6.45) is 2.81. The Balaban J connectivity index is 2.17. The largest absolute Gasteiger partial charge is 0.270 e. The fourth-order valence-corrected chi connectivity index (χ4v) is 3.34. The lowest BCUT2D eigenvalue weighted by atomic mass is 10.2. The van der Waals surface area contributed by atoms with Crippen molar-refractivity contribution in [3.05, 3.63) is 47.2 Å². The van der Waals surface area contributed by atoms with Crippen molar-refractivity contribution in [1.29, 1.82) is 0 Å². The third kappa shape index (κ3) is 3.97. The molecule has 0 bridgehead atoms. The first kappa shape index (κ1) is 16.3. The predicted molar refractivity (Wildman–Crippen MR) is 83.1 cm³/mol. The minimum atomic E-state index is -3.58. The first-order valence-corrected chi connectivity index (χ1v) is 8.58. The maximum atomic E-state index is 12.4. The number of hydrogen-bond acceptors (Lipinski definition) is 3. The lowest BCUT2D eigenvalue weighted by Gasteiger charge is -2.16. The van der Waals surface area contributed by atoms with Gasteiger partial charge in [-0.2, -0.15) is 9.40 Å². The molecule has 0 aliphatic heterocycles. The Morgan fingerprint density at radius 3 is 2.81 bits per heavy atom. The summed E-state index contributed by atoms with van der Waals surface area (Å²) in [5.41, 5.74) is 0.821. The van der Waals surface area contributed by atoms with Crippen LogP contribution in [-0.2, 0) is 23.1 Å². The predicted octanol–water partition coefficient (Wildman–Crippen LogP) is 2.60. The smallest absolute Gasteiger partial charge is 0.246 e. The van der Waals surface area contributed by atoms with E-state index in [1.807, 2.05) is 6.07 Å². The normalized spacial score (nSPS) is 12.0. The minimum absolute atomic E-state index is 0.150. The third-order valence-corrected chi connectivity index (χ3v) is 5.09. The summed E-state index contributed by atoms with van der Waals surface area (Å²) < 4.78 is 27.7. The number of hydrogen-bond donors (Lipinski definition) is 0. The van der Waals surface area contributed by atoms with E-state index in [9.17, 15) is 8.42 Å². The Bertz CT molecular complexity index is 716. The molecular formula is C13H15Cl2N3O2S. The van der Waals surface area contributed by atoms with Crippen molar-refractivity contribution < 1.29 is 8.42 Å². The molecule has 2 rings (SSSR count). The number of sulfonamides is 1. The minimum Gasteiger partial charge on any atom is -0.270 e. The summed E-state index contributed by atoms with van der Waals surface area (Å²) in [7, 11) is -2.06. The van der Waals surface area contributed by atoms with Gasteiger partial charge in [0.25, 0.3) is 0 Å². The highest BCUT2D eigenvalue weighted by molar-refractivity contribution is 7.89. The summed E-state index contributed by atoms with van der Waals surface area (Å²) in [5, 5.41) is 4.56. The van der Waals surface area contributed by atoms with E-state index in [4.69, 9.17) is 23.2 Å². The number of benzene rings is 1. The standard InChI is InChI=1S/C13H15Cl2N3O2S/c1-17(9-11-3-2-4-12(15)7-11)21(19,20)13-8-16-18(10-13)6-5-14/h2-4,7-8,10H,5-6,9H2,1H3. The van der Waals surface area contributed by atoms with E-state index >= 15 is 0 Å². The van der Waals surface area contributed by atoms with Gasteiger partial charge in [-0.3, -0.25) is 4.68 Å². The van der Waals surface area contributed by atoms with Gasteiger partial charge in [-0.25, -0.2) is 8.42 Å². The lowest BCUT2D eigenvalue weighted by Crippen LogP contribution is -2.26. The van der Waals surface area contributed by atoms with Gasteiger partial charge in [0.15, 0.2) is 0 Å². The Morgan fingerprint density at radius 2 is 2.14 bits per heavy atom. The fraction of sp³-hybridized carbons (Fsp3) is 0.308. The van der Waals surface area contributed by atoms with Crippen LogP contribution in [0.15, 0.2) is 41.6 Å². The van der Waals surface area contributed by atoms with Crippen molar-refractivity contribution in [2.24, 2.45) is 0 Å². The molecule has 0 fully saturated rings. The van der Waals surface area contributed by atoms with E-state index in [0.717, 1.165) is 5.56 Å². The van der Waals surface area contributed by atoms with Gasteiger partial charge >= 0.3 is 0 Å². The summed E-state index contributed by atoms with van der Waals surface area (Å²) in [6.45, 7) is 0.707. The Morgan fingerprint density at radius 1 is 1.38 bits per heavy atom. The summed E-state index contributed by atoms with van der Waals surface area (Å²) >= 11 is 11.5. The second kappa shape index (κ2) is 6.79. The van der Waals surface area contributed by atoms with E-state index < -0.39 is 10.0 Å².